The molecule has 98 valence electrons. The van der Waals surface area contributed by atoms with Gasteiger partial charge in [-0.3, -0.25) is 9.59 Å². The van der Waals surface area contributed by atoms with Gasteiger partial charge in [0.05, 0.1) is 0 Å². The maximum Gasteiger partial charge on any atom is 0.211 e. The van der Waals surface area contributed by atoms with Crippen LogP contribution in [0.2, 0.25) is 0 Å². The van der Waals surface area contributed by atoms with E-state index < -0.39 is 22.8 Å². The van der Waals surface area contributed by atoms with Crippen molar-refractivity contribution in [2.24, 2.45) is 0 Å². The van der Waals surface area contributed by atoms with Crippen LogP contribution in [-0.4, -0.2) is 15.6 Å². The molecule has 0 saturated heterocycles. The Morgan fingerprint density at radius 1 is 1.26 bits per heavy atom. The van der Waals surface area contributed by atoms with E-state index in [-0.39, 0.29) is 11.4 Å². The molecule has 0 N–H and O–H groups in total. The minimum atomic E-state index is -0.825. The van der Waals surface area contributed by atoms with Gasteiger partial charge >= 0.3 is 0 Å². The number of halogens is 2. The molecule has 0 aliphatic heterocycles. The highest BCUT2D eigenvalue weighted by atomic mass is 19.1. The molecule has 0 unspecified atom stereocenters. The molecule has 2 aromatic rings. The third-order valence-corrected chi connectivity index (χ3v) is 2.58. The number of ketones is 1. The lowest BCUT2D eigenvalue weighted by Crippen LogP contribution is -2.22. The molecule has 0 spiro atoms. The van der Waals surface area contributed by atoms with Crippen molar-refractivity contribution in [1.29, 1.82) is 0 Å². The SMILES string of the molecule is CC(=O)c1nn(-c2ccc(F)cc2F)c(C)cc1=O. The quantitative estimate of drug-likeness (QED) is 0.780. The lowest BCUT2D eigenvalue weighted by atomic mass is 10.2. The molecule has 0 amide bonds. The van der Waals surface area contributed by atoms with Gasteiger partial charge in [-0.2, -0.15) is 5.10 Å². The summed E-state index contributed by atoms with van der Waals surface area (Å²) in [6.07, 6.45) is 0. The van der Waals surface area contributed by atoms with Crippen LogP contribution in [0.3, 0.4) is 0 Å². The molecule has 0 bridgehead atoms. The first-order valence-electron chi connectivity index (χ1n) is 5.47. The van der Waals surface area contributed by atoms with Gasteiger partial charge < -0.3 is 0 Å². The van der Waals surface area contributed by atoms with Crippen molar-refractivity contribution in [1.82, 2.24) is 9.78 Å². The first-order valence-corrected chi connectivity index (χ1v) is 5.47. The van der Waals surface area contributed by atoms with Gasteiger partial charge in [0.1, 0.15) is 11.5 Å². The average molecular weight is 264 g/mol. The van der Waals surface area contributed by atoms with Crippen molar-refractivity contribution < 1.29 is 13.6 Å². The van der Waals surface area contributed by atoms with E-state index in [0.29, 0.717) is 11.8 Å². The Morgan fingerprint density at radius 3 is 2.53 bits per heavy atom. The fourth-order valence-electron chi connectivity index (χ4n) is 1.69. The molecule has 0 aliphatic carbocycles. The van der Waals surface area contributed by atoms with E-state index in [4.69, 9.17) is 0 Å². The third kappa shape index (κ3) is 2.42. The second-order valence-corrected chi connectivity index (χ2v) is 4.06. The standard InChI is InChI=1S/C13H10F2N2O2/c1-7-5-12(19)13(8(2)18)16-17(7)11-4-3-9(14)6-10(11)15/h3-6H,1-2H3. The van der Waals surface area contributed by atoms with Gasteiger partial charge in [0, 0.05) is 24.8 Å². The summed E-state index contributed by atoms with van der Waals surface area (Å²) < 4.78 is 27.7. The fourth-order valence-corrected chi connectivity index (χ4v) is 1.69. The third-order valence-electron chi connectivity index (χ3n) is 2.58. The molecule has 0 aliphatic rings. The summed E-state index contributed by atoms with van der Waals surface area (Å²) in [7, 11) is 0. The minimum Gasteiger partial charge on any atom is -0.293 e. The van der Waals surface area contributed by atoms with Crippen molar-refractivity contribution >= 4 is 5.78 Å². The van der Waals surface area contributed by atoms with Gasteiger partial charge in [-0.1, -0.05) is 0 Å². The van der Waals surface area contributed by atoms with Gasteiger partial charge in [-0.15, -0.1) is 0 Å². The summed E-state index contributed by atoms with van der Waals surface area (Å²) in [5, 5.41) is 3.82. The molecule has 19 heavy (non-hydrogen) atoms. The molecule has 1 heterocycles. The van der Waals surface area contributed by atoms with E-state index in [9.17, 15) is 18.4 Å². The molecule has 1 aromatic heterocycles. The van der Waals surface area contributed by atoms with E-state index in [1.165, 1.54) is 19.1 Å². The molecule has 0 fully saturated rings. The molecule has 1 aromatic carbocycles. The Labute approximate surface area is 107 Å². The van der Waals surface area contributed by atoms with E-state index >= 15 is 0 Å². The molecule has 0 atom stereocenters. The van der Waals surface area contributed by atoms with Crippen LogP contribution >= 0.6 is 0 Å². The summed E-state index contributed by atoms with van der Waals surface area (Å²) in [6.45, 7) is 2.74. The summed E-state index contributed by atoms with van der Waals surface area (Å²) in [6, 6.07) is 4.17. The summed E-state index contributed by atoms with van der Waals surface area (Å²) >= 11 is 0. The lowest BCUT2D eigenvalue weighted by molar-refractivity contribution is 0.101. The highest BCUT2D eigenvalue weighted by molar-refractivity contribution is 5.91. The van der Waals surface area contributed by atoms with Crippen molar-refractivity contribution in [2.75, 3.05) is 0 Å². The first kappa shape index (κ1) is 13.1. The number of aryl methyl sites for hydroxylation is 1. The number of Topliss-reactive ketones (excluding diaryl/α,β-unsaturated/α-hetero) is 1. The van der Waals surface area contributed by atoms with Crippen LogP contribution in [0.4, 0.5) is 8.78 Å². The van der Waals surface area contributed by atoms with Gasteiger partial charge in [0.25, 0.3) is 0 Å². The molecular weight excluding hydrogens is 254 g/mol. The topological polar surface area (TPSA) is 52.0 Å². The van der Waals surface area contributed by atoms with Crippen molar-refractivity contribution in [3.8, 4) is 5.69 Å². The van der Waals surface area contributed by atoms with Gasteiger partial charge in [-0.05, 0) is 19.1 Å². The molecule has 4 nitrogen and oxygen atoms in total. The monoisotopic (exact) mass is 264 g/mol. The molecular formula is C13H10F2N2O2. The second-order valence-electron chi connectivity index (χ2n) is 4.06. The molecule has 2 rings (SSSR count). The Hall–Kier alpha value is -2.37. The lowest BCUT2D eigenvalue weighted by Gasteiger charge is -2.11. The number of carbonyl (C=O) groups excluding carboxylic acids is 1. The Bertz CT molecular complexity index is 723. The summed E-state index contributed by atoms with van der Waals surface area (Å²) in [5.74, 6) is -2.05. The average Bonchev–Trinajstić information content (AvgIpc) is 2.30. The van der Waals surface area contributed by atoms with Crippen LogP contribution in [0.25, 0.3) is 5.69 Å². The number of carbonyl (C=O) groups is 1. The largest absolute Gasteiger partial charge is 0.293 e. The Balaban J connectivity index is 2.71. The number of benzene rings is 1. The Kier molecular flexibility index (Phi) is 3.25. The van der Waals surface area contributed by atoms with Gasteiger partial charge in [0.15, 0.2) is 17.3 Å². The van der Waals surface area contributed by atoms with E-state index in [1.54, 1.807) is 6.92 Å². The predicted molar refractivity (Wildman–Crippen MR) is 64.5 cm³/mol. The summed E-state index contributed by atoms with van der Waals surface area (Å²) in [4.78, 5) is 22.8. The highest BCUT2D eigenvalue weighted by Crippen LogP contribution is 2.15. The normalized spacial score (nSPS) is 10.5. The molecule has 0 saturated carbocycles. The smallest absolute Gasteiger partial charge is 0.211 e. The fraction of sp³-hybridized carbons (Fsp3) is 0.154. The first-order chi connectivity index (χ1) is 8.90. The zero-order chi connectivity index (χ0) is 14.2. The number of rotatable bonds is 2. The zero-order valence-corrected chi connectivity index (χ0v) is 10.3. The predicted octanol–water partition coefficient (Wildman–Crippen LogP) is 2.02. The van der Waals surface area contributed by atoms with Crippen LogP contribution in [-0.2, 0) is 0 Å². The highest BCUT2D eigenvalue weighted by Gasteiger charge is 2.13. The number of hydrogen-bond donors (Lipinski definition) is 0. The van der Waals surface area contributed by atoms with E-state index in [1.807, 2.05) is 0 Å². The Morgan fingerprint density at radius 2 is 1.95 bits per heavy atom. The van der Waals surface area contributed by atoms with Crippen molar-refractivity contribution in [3.05, 3.63) is 57.5 Å². The maximum atomic E-state index is 13.7. The number of nitrogens with zero attached hydrogens (tertiary/aromatic N) is 2. The van der Waals surface area contributed by atoms with E-state index in [0.717, 1.165) is 10.7 Å². The van der Waals surface area contributed by atoms with Gasteiger partial charge in [-0.25, -0.2) is 13.5 Å². The molecule has 0 radical (unpaired) electrons. The van der Waals surface area contributed by atoms with Crippen molar-refractivity contribution in [2.45, 2.75) is 13.8 Å². The van der Waals surface area contributed by atoms with Crippen LogP contribution < -0.4 is 5.43 Å². The zero-order valence-electron chi connectivity index (χ0n) is 10.3. The summed E-state index contributed by atoms with van der Waals surface area (Å²) in [5.41, 5.74) is -0.486. The van der Waals surface area contributed by atoms with Crippen LogP contribution in [0.5, 0.6) is 0 Å². The van der Waals surface area contributed by atoms with Crippen LogP contribution in [0, 0.1) is 18.6 Å². The van der Waals surface area contributed by atoms with E-state index in [2.05, 4.69) is 5.10 Å². The second kappa shape index (κ2) is 4.72. The van der Waals surface area contributed by atoms with Gasteiger partial charge in [0.2, 0.25) is 5.43 Å². The number of hydrogen-bond acceptors (Lipinski definition) is 3. The maximum absolute atomic E-state index is 13.7. The van der Waals surface area contributed by atoms with Crippen LogP contribution in [0.1, 0.15) is 23.1 Å². The van der Waals surface area contributed by atoms with Crippen LogP contribution in [0.15, 0.2) is 29.1 Å². The van der Waals surface area contributed by atoms with Crippen molar-refractivity contribution in [3.63, 3.8) is 0 Å². The molecule has 6 heteroatoms. The minimum absolute atomic E-state index is 0.0265. The number of aromatic nitrogens is 2.